The van der Waals surface area contributed by atoms with E-state index in [4.69, 9.17) is 13.3 Å². The maximum absolute atomic E-state index is 8.44. The molecule has 0 radical (unpaired) electrons. The Balaban J connectivity index is -0.0000000450. The molecule has 6 heteroatoms. The van der Waals surface area contributed by atoms with Gasteiger partial charge in [-0.1, -0.05) is 0 Å². The van der Waals surface area contributed by atoms with Crippen molar-refractivity contribution in [1.29, 1.82) is 0 Å². The van der Waals surface area contributed by atoms with E-state index in [-0.39, 0.29) is 22.5 Å². The van der Waals surface area contributed by atoms with Crippen LogP contribution in [0, 0.1) is 0 Å². The molecule has 0 rings (SSSR count). The van der Waals surface area contributed by atoms with Crippen LogP contribution in [0.2, 0.25) is 0 Å². The Kier molecular flexibility index (Phi) is 24.3. The van der Waals surface area contributed by atoms with Crippen molar-refractivity contribution >= 4 is 11.4 Å². The summed E-state index contributed by atoms with van der Waals surface area (Å²) in [5.41, 5.74) is 0. The summed E-state index contributed by atoms with van der Waals surface area (Å²) < 4.78 is 25.3. The summed E-state index contributed by atoms with van der Waals surface area (Å²) in [4.78, 5) is 0. The van der Waals surface area contributed by atoms with Crippen LogP contribution in [0.3, 0.4) is 0 Å². The molecule has 0 aromatic carbocycles. The first-order valence-corrected chi connectivity index (χ1v) is 1.50. The van der Waals surface area contributed by atoms with E-state index in [0.717, 1.165) is 0 Å². The van der Waals surface area contributed by atoms with Gasteiger partial charge in [-0.05, 0) is 0 Å². The van der Waals surface area contributed by atoms with Crippen LogP contribution in [0.1, 0.15) is 0 Å². The van der Waals surface area contributed by atoms with Crippen molar-refractivity contribution in [3.63, 3.8) is 0 Å². The molecule has 6 heavy (non-hydrogen) atoms. The molecule has 0 aromatic rings. The van der Waals surface area contributed by atoms with E-state index < -0.39 is 11.4 Å². The standard InChI is InChI=1S/Fe.H2O3S.H2O/c;1-4(2)3;/h;(H2,1,2,3);1H2/q+2;;/p-2. The average molecular weight is 154 g/mol. The van der Waals surface area contributed by atoms with Crippen LogP contribution in [0.5, 0.6) is 0 Å². The minimum absolute atomic E-state index is 0. The van der Waals surface area contributed by atoms with Gasteiger partial charge in [-0.3, -0.25) is 4.21 Å². The largest absolute Gasteiger partial charge is 2.00 e. The molecular formula is H2FeO4S. The molecule has 0 amide bonds. The molecule has 0 bridgehead atoms. The second-order valence-electron chi connectivity index (χ2n) is 0.204. The predicted molar refractivity (Wildman–Crippen MR) is 13.3 cm³/mol. The Morgan fingerprint density at radius 1 is 1.33 bits per heavy atom. The Hall–Kier alpha value is 0.549. The topological polar surface area (TPSA) is 94.7 Å². The van der Waals surface area contributed by atoms with E-state index in [0.29, 0.717) is 0 Å². The molecule has 0 spiro atoms. The van der Waals surface area contributed by atoms with Gasteiger partial charge in [0.05, 0.1) is 0 Å². The molecule has 0 fully saturated rings. The first-order chi connectivity index (χ1) is 1.73. The summed E-state index contributed by atoms with van der Waals surface area (Å²) in [6, 6.07) is 0. The van der Waals surface area contributed by atoms with Crippen LogP contribution >= 0.6 is 0 Å². The SMILES string of the molecule is O.O=S([O-])[O-].[Fe+2]. The van der Waals surface area contributed by atoms with Gasteiger partial charge in [-0.15, -0.1) is 11.4 Å². The van der Waals surface area contributed by atoms with Crippen LogP contribution in [0.4, 0.5) is 0 Å². The number of hydrogen-bond acceptors (Lipinski definition) is 3. The van der Waals surface area contributed by atoms with Crippen LogP contribution in [0.15, 0.2) is 0 Å². The number of rotatable bonds is 0. The summed E-state index contributed by atoms with van der Waals surface area (Å²) in [5.74, 6) is 0. The minimum atomic E-state index is -3.11. The van der Waals surface area contributed by atoms with E-state index in [1.54, 1.807) is 0 Å². The van der Waals surface area contributed by atoms with Crippen molar-refractivity contribution < 1.29 is 35.9 Å². The van der Waals surface area contributed by atoms with Crippen LogP contribution in [-0.4, -0.2) is 18.8 Å². The van der Waals surface area contributed by atoms with Gasteiger partial charge in [0.2, 0.25) is 0 Å². The van der Waals surface area contributed by atoms with Crippen molar-refractivity contribution in [3.05, 3.63) is 0 Å². The van der Waals surface area contributed by atoms with E-state index in [1.807, 2.05) is 0 Å². The van der Waals surface area contributed by atoms with E-state index in [1.165, 1.54) is 0 Å². The Bertz CT molecular complexity index is 30.5. The zero-order chi connectivity index (χ0) is 3.58. The van der Waals surface area contributed by atoms with Crippen molar-refractivity contribution in [3.8, 4) is 0 Å². The third-order valence-corrected chi connectivity index (χ3v) is 0. The predicted octanol–water partition coefficient (Wildman–Crippen LogP) is -1.83. The van der Waals surface area contributed by atoms with Gasteiger partial charge < -0.3 is 14.6 Å². The van der Waals surface area contributed by atoms with Gasteiger partial charge in [0, 0.05) is 0 Å². The molecular weight excluding hydrogens is 152 g/mol. The molecule has 0 saturated carbocycles. The summed E-state index contributed by atoms with van der Waals surface area (Å²) in [6.07, 6.45) is 0. The summed E-state index contributed by atoms with van der Waals surface area (Å²) >= 11 is -3.11. The maximum Gasteiger partial charge on any atom is 2.00 e. The monoisotopic (exact) mass is 154 g/mol. The zero-order valence-corrected chi connectivity index (χ0v) is 4.41. The Morgan fingerprint density at radius 3 is 1.33 bits per heavy atom. The van der Waals surface area contributed by atoms with Gasteiger partial charge in [0.1, 0.15) is 0 Å². The van der Waals surface area contributed by atoms with Crippen LogP contribution in [-0.2, 0) is 28.4 Å². The first-order valence-electron chi connectivity index (χ1n) is 0.500. The fourth-order valence-corrected chi connectivity index (χ4v) is 0. The molecule has 4 nitrogen and oxygen atoms in total. The smallest absolute Gasteiger partial charge is 0.784 e. The first kappa shape index (κ1) is 16.0. The second-order valence-corrected chi connectivity index (χ2v) is 0.612. The Labute approximate surface area is 47.8 Å². The number of hydrogen-bond donors (Lipinski definition) is 0. The zero-order valence-electron chi connectivity index (χ0n) is 2.49. The summed E-state index contributed by atoms with van der Waals surface area (Å²) in [7, 11) is 0. The van der Waals surface area contributed by atoms with E-state index in [9.17, 15) is 0 Å². The quantitative estimate of drug-likeness (QED) is 0.303. The van der Waals surface area contributed by atoms with Gasteiger partial charge in [-0.2, -0.15) is 0 Å². The van der Waals surface area contributed by atoms with Crippen LogP contribution in [0.25, 0.3) is 0 Å². The molecule has 0 atom stereocenters. The third kappa shape index (κ3) is 190. The van der Waals surface area contributed by atoms with Crippen molar-refractivity contribution in [1.82, 2.24) is 0 Å². The molecule has 0 aliphatic rings. The van der Waals surface area contributed by atoms with Gasteiger partial charge in [-0.25, -0.2) is 0 Å². The molecule has 0 saturated heterocycles. The van der Waals surface area contributed by atoms with Crippen molar-refractivity contribution in [2.24, 2.45) is 0 Å². The fourth-order valence-electron chi connectivity index (χ4n) is 0. The minimum Gasteiger partial charge on any atom is -0.784 e. The second kappa shape index (κ2) is 9.12. The third-order valence-electron chi connectivity index (χ3n) is 0. The van der Waals surface area contributed by atoms with E-state index in [2.05, 4.69) is 0 Å². The summed E-state index contributed by atoms with van der Waals surface area (Å²) in [6.45, 7) is 0. The van der Waals surface area contributed by atoms with Crippen molar-refractivity contribution in [2.75, 3.05) is 0 Å². The molecule has 0 unspecified atom stereocenters. The van der Waals surface area contributed by atoms with Crippen molar-refractivity contribution in [2.45, 2.75) is 0 Å². The normalized spacial score (nSPS) is 5.83. The molecule has 0 aliphatic heterocycles. The van der Waals surface area contributed by atoms with Gasteiger partial charge >= 0.3 is 17.1 Å². The van der Waals surface area contributed by atoms with Gasteiger partial charge in [0.25, 0.3) is 0 Å². The molecule has 0 aliphatic carbocycles. The maximum atomic E-state index is 8.44. The van der Waals surface area contributed by atoms with Crippen LogP contribution < -0.4 is 0 Å². The molecule has 2 N–H and O–H groups in total. The molecule has 0 heterocycles. The molecule has 40 valence electrons. The summed E-state index contributed by atoms with van der Waals surface area (Å²) in [5, 5.41) is 0. The Morgan fingerprint density at radius 2 is 1.33 bits per heavy atom. The van der Waals surface area contributed by atoms with E-state index >= 15 is 0 Å². The molecule has 0 aromatic heterocycles. The fraction of sp³-hybridized carbons (Fsp3) is 0. The average Bonchev–Trinajstić information content (AvgIpc) is 0.811. The van der Waals surface area contributed by atoms with Gasteiger partial charge in [0.15, 0.2) is 0 Å².